The Kier molecular flexibility index (Phi) is 7.61. The fourth-order valence-electron chi connectivity index (χ4n) is 2.37. The molecular weight excluding hydrogens is 341 g/mol. The Balaban J connectivity index is 1.93. The second-order valence-corrected chi connectivity index (χ2v) is 6.44. The van der Waals surface area contributed by atoms with Crippen LogP contribution in [0.3, 0.4) is 0 Å². The maximum absolute atomic E-state index is 6.40. The second-order valence-electron chi connectivity index (χ2n) is 5.06. The molecule has 0 aliphatic carbocycles. The molecule has 0 saturated heterocycles. The molecule has 2 nitrogen and oxygen atoms in total. The van der Waals surface area contributed by atoms with Gasteiger partial charge in [-0.15, -0.1) is 34.8 Å². The number of benzene rings is 2. The van der Waals surface area contributed by atoms with Crippen LogP contribution < -0.4 is 4.74 Å². The van der Waals surface area contributed by atoms with Gasteiger partial charge in [-0.3, -0.25) is 4.90 Å². The summed E-state index contributed by atoms with van der Waals surface area (Å²) < 4.78 is 5.91. The predicted octanol–water partition coefficient (Wildman–Crippen LogP) is 4.61. The smallest absolute Gasteiger partial charge is 0.127 e. The van der Waals surface area contributed by atoms with Gasteiger partial charge in [0.15, 0.2) is 0 Å². The van der Waals surface area contributed by atoms with E-state index in [9.17, 15) is 0 Å². The standard InChI is InChI=1S/C17H20Cl3NO/c18-8-10-21(11-9-19)12-15(20)13-22-17-7-3-5-14-4-1-2-6-16(14)17/h1-7,15H,8-13H2/t15-/m1/s1. The van der Waals surface area contributed by atoms with Gasteiger partial charge in [-0.25, -0.2) is 0 Å². The summed E-state index contributed by atoms with van der Waals surface area (Å²) in [6.45, 7) is 2.74. The number of nitrogens with zero attached hydrogens (tertiary/aromatic N) is 1. The summed E-state index contributed by atoms with van der Waals surface area (Å²) in [6, 6.07) is 14.2. The molecule has 5 heteroatoms. The van der Waals surface area contributed by atoms with Gasteiger partial charge in [0.05, 0.1) is 5.38 Å². The highest BCUT2D eigenvalue weighted by molar-refractivity contribution is 6.21. The Labute approximate surface area is 146 Å². The highest BCUT2D eigenvalue weighted by atomic mass is 35.5. The van der Waals surface area contributed by atoms with E-state index in [1.54, 1.807) is 0 Å². The molecule has 0 aliphatic heterocycles. The van der Waals surface area contributed by atoms with E-state index < -0.39 is 0 Å². The van der Waals surface area contributed by atoms with Gasteiger partial charge in [0, 0.05) is 36.8 Å². The van der Waals surface area contributed by atoms with Crippen molar-refractivity contribution in [2.24, 2.45) is 0 Å². The van der Waals surface area contributed by atoms with Crippen LogP contribution in [-0.4, -0.2) is 48.3 Å². The van der Waals surface area contributed by atoms with Crippen molar-refractivity contribution in [1.29, 1.82) is 0 Å². The second kappa shape index (κ2) is 9.46. The van der Waals surface area contributed by atoms with E-state index in [0.717, 1.165) is 29.6 Å². The summed E-state index contributed by atoms with van der Waals surface area (Å²) in [5.74, 6) is 2.01. The lowest BCUT2D eigenvalue weighted by Crippen LogP contribution is -2.35. The largest absolute Gasteiger partial charge is 0.491 e. The monoisotopic (exact) mass is 359 g/mol. The van der Waals surface area contributed by atoms with Gasteiger partial charge >= 0.3 is 0 Å². The van der Waals surface area contributed by atoms with Crippen LogP contribution >= 0.6 is 34.8 Å². The number of halogens is 3. The lowest BCUT2D eigenvalue weighted by molar-refractivity contribution is 0.256. The number of fused-ring (bicyclic) bond motifs is 1. The van der Waals surface area contributed by atoms with Crippen LogP contribution in [0.4, 0.5) is 0 Å². The Bertz CT molecular complexity index is 567. The fraction of sp³-hybridized carbons (Fsp3) is 0.412. The minimum atomic E-state index is -0.106. The Morgan fingerprint density at radius 3 is 2.36 bits per heavy atom. The fourth-order valence-corrected chi connectivity index (χ4v) is 3.10. The van der Waals surface area contributed by atoms with E-state index >= 15 is 0 Å². The number of alkyl halides is 3. The molecule has 0 bridgehead atoms. The zero-order chi connectivity index (χ0) is 15.8. The topological polar surface area (TPSA) is 12.5 Å². The normalized spacial score (nSPS) is 12.7. The van der Waals surface area contributed by atoms with Crippen LogP contribution in [0.25, 0.3) is 10.8 Å². The van der Waals surface area contributed by atoms with Crippen molar-refractivity contribution < 1.29 is 4.74 Å². The van der Waals surface area contributed by atoms with Gasteiger partial charge in [-0.2, -0.15) is 0 Å². The summed E-state index contributed by atoms with van der Waals surface area (Å²) in [5, 5.41) is 2.16. The van der Waals surface area contributed by atoms with Gasteiger partial charge in [0.1, 0.15) is 12.4 Å². The molecule has 1 atom stereocenters. The van der Waals surface area contributed by atoms with Crippen LogP contribution in [0.5, 0.6) is 5.75 Å². The SMILES string of the molecule is ClCCN(CCCl)C[C@@H](Cl)COc1cccc2ccccc12. The zero-order valence-electron chi connectivity index (χ0n) is 12.4. The average Bonchev–Trinajstić information content (AvgIpc) is 2.53. The van der Waals surface area contributed by atoms with Crippen molar-refractivity contribution in [3.05, 3.63) is 42.5 Å². The first-order valence-corrected chi connectivity index (χ1v) is 8.84. The van der Waals surface area contributed by atoms with Crippen LogP contribution in [0, 0.1) is 0 Å². The third-order valence-corrected chi connectivity index (χ3v) is 4.03. The van der Waals surface area contributed by atoms with Gasteiger partial charge in [-0.1, -0.05) is 36.4 Å². The number of ether oxygens (including phenoxy) is 1. The predicted molar refractivity (Wildman–Crippen MR) is 97.0 cm³/mol. The first kappa shape index (κ1) is 17.7. The zero-order valence-corrected chi connectivity index (χ0v) is 14.6. The van der Waals surface area contributed by atoms with E-state index in [1.807, 2.05) is 24.3 Å². The molecule has 22 heavy (non-hydrogen) atoms. The molecule has 120 valence electrons. The highest BCUT2D eigenvalue weighted by Gasteiger charge is 2.12. The summed E-state index contributed by atoms with van der Waals surface area (Å²) >= 11 is 18.0. The summed E-state index contributed by atoms with van der Waals surface area (Å²) in [5.41, 5.74) is 0. The van der Waals surface area contributed by atoms with Crippen molar-refractivity contribution in [2.45, 2.75) is 5.38 Å². The molecule has 0 radical (unpaired) electrons. The van der Waals surface area contributed by atoms with Gasteiger partial charge in [0.25, 0.3) is 0 Å². The third-order valence-electron chi connectivity index (χ3n) is 3.43. The van der Waals surface area contributed by atoms with Crippen LogP contribution in [0.15, 0.2) is 42.5 Å². The molecule has 0 fully saturated rings. The first-order valence-electron chi connectivity index (χ1n) is 7.33. The van der Waals surface area contributed by atoms with Crippen molar-refractivity contribution in [3.8, 4) is 5.75 Å². The molecule has 2 aromatic rings. The average molecular weight is 361 g/mol. The number of hydrogen-bond donors (Lipinski definition) is 0. The summed E-state index contributed by atoms with van der Waals surface area (Å²) in [7, 11) is 0. The molecule has 0 aliphatic rings. The van der Waals surface area contributed by atoms with Crippen LogP contribution in [-0.2, 0) is 0 Å². The molecular formula is C17H20Cl3NO. The van der Waals surface area contributed by atoms with E-state index in [0.29, 0.717) is 24.9 Å². The van der Waals surface area contributed by atoms with Gasteiger partial charge < -0.3 is 4.74 Å². The van der Waals surface area contributed by atoms with Crippen molar-refractivity contribution >= 4 is 45.6 Å². The summed E-state index contributed by atoms with van der Waals surface area (Å²) in [6.07, 6.45) is 0. The lowest BCUT2D eigenvalue weighted by atomic mass is 10.1. The van der Waals surface area contributed by atoms with Crippen molar-refractivity contribution in [2.75, 3.05) is 38.0 Å². The minimum absolute atomic E-state index is 0.106. The van der Waals surface area contributed by atoms with Crippen LogP contribution in [0.2, 0.25) is 0 Å². The van der Waals surface area contributed by atoms with E-state index in [-0.39, 0.29) is 5.38 Å². The van der Waals surface area contributed by atoms with Gasteiger partial charge in [-0.05, 0) is 11.5 Å². The Morgan fingerprint density at radius 1 is 0.955 bits per heavy atom. The maximum atomic E-state index is 6.40. The lowest BCUT2D eigenvalue weighted by Gasteiger charge is -2.23. The number of hydrogen-bond acceptors (Lipinski definition) is 2. The van der Waals surface area contributed by atoms with E-state index in [4.69, 9.17) is 39.5 Å². The first-order chi connectivity index (χ1) is 10.7. The maximum Gasteiger partial charge on any atom is 0.127 e. The number of rotatable bonds is 9. The minimum Gasteiger partial charge on any atom is -0.491 e. The van der Waals surface area contributed by atoms with E-state index in [1.165, 1.54) is 0 Å². The van der Waals surface area contributed by atoms with E-state index in [2.05, 4.69) is 23.1 Å². The van der Waals surface area contributed by atoms with Crippen LogP contribution in [0.1, 0.15) is 0 Å². The highest BCUT2D eigenvalue weighted by Crippen LogP contribution is 2.25. The molecule has 0 N–H and O–H groups in total. The quantitative estimate of drug-likeness (QED) is 0.606. The van der Waals surface area contributed by atoms with Crippen molar-refractivity contribution in [1.82, 2.24) is 4.90 Å². The molecule has 0 saturated carbocycles. The molecule has 0 spiro atoms. The molecule has 0 amide bonds. The Morgan fingerprint density at radius 2 is 1.64 bits per heavy atom. The third kappa shape index (κ3) is 5.20. The molecule has 2 rings (SSSR count). The molecule has 0 aromatic heterocycles. The van der Waals surface area contributed by atoms with Gasteiger partial charge in [0.2, 0.25) is 0 Å². The summed E-state index contributed by atoms with van der Waals surface area (Å²) in [4.78, 5) is 2.16. The molecule has 0 unspecified atom stereocenters. The molecule has 0 heterocycles. The molecule has 2 aromatic carbocycles. The Hall–Kier alpha value is -0.670. The van der Waals surface area contributed by atoms with Crippen molar-refractivity contribution in [3.63, 3.8) is 0 Å².